The number of pyridine rings is 1. The van der Waals surface area contributed by atoms with Gasteiger partial charge in [0, 0.05) is 18.0 Å². The lowest BCUT2D eigenvalue weighted by Crippen LogP contribution is -2.11. The second-order valence-corrected chi connectivity index (χ2v) is 4.43. The van der Waals surface area contributed by atoms with E-state index in [0.29, 0.717) is 11.4 Å². The summed E-state index contributed by atoms with van der Waals surface area (Å²) in [5.74, 6) is 1.44. The Kier molecular flexibility index (Phi) is 4.37. The summed E-state index contributed by atoms with van der Waals surface area (Å²) in [6, 6.07) is 9.11. The Morgan fingerprint density at radius 1 is 1.20 bits per heavy atom. The van der Waals surface area contributed by atoms with Crippen molar-refractivity contribution in [3.8, 4) is 11.5 Å². The van der Waals surface area contributed by atoms with E-state index in [1.165, 1.54) is 0 Å². The Bertz CT molecular complexity index is 632. The minimum Gasteiger partial charge on any atom is -0.497 e. The fraction of sp³-hybridized carbons (Fsp3) is 0.143. The third kappa shape index (κ3) is 3.16. The molecule has 0 aliphatic rings. The van der Waals surface area contributed by atoms with E-state index in [2.05, 4.69) is 10.3 Å². The molecule has 0 aliphatic carbocycles. The zero-order chi connectivity index (χ0) is 14.5. The number of hydrogen-bond acceptors (Lipinski definition) is 5. The lowest BCUT2D eigenvalue weighted by atomic mass is 10.2. The molecule has 0 aliphatic heterocycles. The van der Waals surface area contributed by atoms with Gasteiger partial charge in [-0.15, -0.1) is 0 Å². The topological polar surface area (TPSA) is 69.4 Å². The monoisotopic (exact) mass is 289 g/mol. The quantitative estimate of drug-likeness (QED) is 0.824. The van der Waals surface area contributed by atoms with E-state index in [1.54, 1.807) is 26.5 Å². The zero-order valence-corrected chi connectivity index (χ0v) is 12.0. The molecule has 1 aromatic heterocycles. The van der Waals surface area contributed by atoms with Crippen LogP contribution in [0.15, 0.2) is 36.5 Å². The highest BCUT2D eigenvalue weighted by molar-refractivity contribution is 7.80. The first kappa shape index (κ1) is 14.1. The number of aromatic nitrogens is 1. The van der Waals surface area contributed by atoms with Crippen molar-refractivity contribution in [3.05, 3.63) is 42.2 Å². The molecule has 0 saturated carbocycles. The summed E-state index contributed by atoms with van der Waals surface area (Å²) in [5, 5.41) is 3.23. The van der Waals surface area contributed by atoms with Crippen molar-refractivity contribution in [2.45, 2.75) is 0 Å². The predicted molar refractivity (Wildman–Crippen MR) is 83.0 cm³/mol. The maximum Gasteiger partial charge on any atom is 0.142 e. The molecule has 104 valence electrons. The molecule has 2 aromatic rings. The van der Waals surface area contributed by atoms with Crippen LogP contribution in [0.5, 0.6) is 11.5 Å². The van der Waals surface area contributed by atoms with E-state index in [-0.39, 0.29) is 4.99 Å². The zero-order valence-electron chi connectivity index (χ0n) is 11.2. The Labute approximate surface area is 122 Å². The van der Waals surface area contributed by atoms with Crippen molar-refractivity contribution in [3.63, 3.8) is 0 Å². The number of thiocarbonyl (C=S) groups is 1. The van der Waals surface area contributed by atoms with Crippen molar-refractivity contribution < 1.29 is 9.47 Å². The largest absolute Gasteiger partial charge is 0.497 e. The van der Waals surface area contributed by atoms with Gasteiger partial charge in [-0.25, -0.2) is 0 Å². The van der Waals surface area contributed by atoms with Crippen molar-refractivity contribution in [1.82, 2.24) is 4.98 Å². The van der Waals surface area contributed by atoms with Crippen molar-refractivity contribution in [1.29, 1.82) is 0 Å². The van der Waals surface area contributed by atoms with Gasteiger partial charge in [0.1, 0.15) is 16.5 Å². The number of anilines is 2. The highest BCUT2D eigenvalue weighted by atomic mass is 32.1. The van der Waals surface area contributed by atoms with Gasteiger partial charge in [0.2, 0.25) is 0 Å². The van der Waals surface area contributed by atoms with E-state index in [1.807, 2.05) is 24.3 Å². The summed E-state index contributed by atoms with van der Waals surface area (Å²) >= 11 is 4.92. The molecular weight excluding hydrogens is 274 g/mol. The number of methoxy groups -OCH3 is 2. The fourth-order valence-electron chi connectivity index (χ4n) is 1.71. The minimum absolute atomic E-state index is 0.256. The van der Waals surface area contributed by atoms with Crippen LogP contribution in [-0.2, 0) is 0 Å². The van der Waals surface area contributed by atoms with Gasteiger partial charge < -0.3 is 20.5 Å². The Hall–Kier alpha value is -2.34. The van der Waals surface area contributed by atoms with Crippen molar-refractivity contribution in [2.75, 3.05) is 19.5 Å². The number of rotatable bonds is 5. The molecule has 5 nitrogen and oxygen atoms in total. The molecule has 0 unspecified atom stereocenters. The molecule has 0 saturated heterocycles. The van der Waals surface area contributed by atoms with Gasteiger partial charge in [0.05, 0.1) is 25.6 Å². The number of nitrogens with zero attached hydrogens (tertiary/aromatic N) is 1. The number of nitrogens with one attached hydrogen (secondary N) is 1. The van der Waals surface area contributed by atoms with E-state index in [4.69, 9.17) is 27.4 Å². The molecular formula is C14H15N3O2S. The molecule has 0 atom stereocenters. The molecule has 3 N–H and O–H groups in total. The second kappa shape index (κ2) is 6.21. The molecule has 6 heteroatoms. The summed E-state index contributed by atoms with van der Waals surface area (Å²) in [4.78, 5) is 4.35. The molecule has 0 bridgehead atoms. The van der Waals surface area contributed by atoms with Crippen LogP contribution < -0.4 is 20.5 Å². The van der Waals surface area contributed by atoms with Crippen LogP contribution in [0.3, 0.4) is 0 Å². The highest BCUT2D eigenvalue weighted by Gasteiger charge is 2.06. The fourth-order valence-corrected chi connectivity index (χ4v) is 1.82. The third-order valence-electron chi connectivity index (χ3n) is 2.70. The van der Waals surface area contributed by atoms with Crippen LogP contribution in [-0.4, -0.2) is 24.2 Å². The maximum absolute atomic E-state index is 5.57. The SMILES string of the molecule is COc1ccc(OC)c(Nc2ccnc(C(N)=S)c2)c1. The average molecular weight is 289 g/mol. The second-order valence-electron chi connectivity index (χ2n) is 3.99. The number of hydrogen-bond donors (Lipinski definition) is 2. The maximum atomic E-state index is 5.57. The van der Waals surface area contributed by atoms with E-state index >= 15 is 0 Å². The summed E-state index contributed by atoms with van der Waals surface area (Å²) in [7, 11) is 3.23. The van der Waals surface area contributed by atoms with Crippen LogP contribution in [0.4, 0.5) is 11.4 Å². The standard InChI is InChI=1S/C14H15N3O2S/c1-18-10-3-4-13(19-2)11(8-10)17-9-5-6-16-12(7-9)14(15)20/h3-8H,1-2H3,(H2,15,20)(H,16,17). The Morgan fingerprint density at radius 2 is 2.00 bits per heavy atom. The van der Waals surface area contributed by atoms with Gasteiger partial charge in [-0.1, -0.05) is 12.2 Å². The molecule has 2 rings (SSSR count). The summed E-state index contributed by atoms with van der Waals surface area (Å²) in [6.07, 6.45) is 1.64. The Morgan fingerprint density at radius 3 is 2.65 bits per heavy atom. The molecule has 20 heavy (non-hydrogen) atoms. The van der Waals surface area contributed by atoms with Gasteiger partial charge in [-0.2, -0.15) is 0 Å². The first-order valence-corrected chi connectivity index (χ1v) is 6.29. The van der Waals surface area contributed by atoms with Gasteiger partial charge in [0.15, 0.2) is 0 Å². The van der Waals surface area contributed by atoms with Crippen LogP contribution in [0.1, 0.15) is 5.69 Å². The average Bonchev–Trinajstić information content (AvgIpc) is 2.47. The van der Waals surface area contributed by atoms with E-state index < -0.39 is 0 Å². The first-order chi connectivity index (χ1) is 9.63. The predicted octanol–water partition coefficient (Wildman–Crippen LogP) is 2.48. The van der Waals surface area contributed by atoms with Gasteiger partial charge in [-0.05, 0) is 24.3 Å². The molecule has 0 spiro atoms. The summed E-state index contributed by atoms with van der Waals surface area (Å²) in [5.41, 5.74) is 7.73. The molecule has 1 heterocycles. The molecule has 0 radical (unpaired) electrons. The summed E-state index contributed by atoms with van der Waals surface area (Å²) < 4.78 is 10.5. The van der Waals surface area contributed by atoms with Gasteiger partial charge >= 0.3 is 0 Å². The van der Waals surface area contributed by atoms with Crippen LogP contribution in [0, 0.1) is 0 Å². The van der Waals surface area contributed by atoms with Gasteiger partial charge in [0.25, 0.3) is 0 Å². The van der Waals surface area contributed by atoms with E-state index in [0.717, 1.165) is 17.1 Å². The molecule has 1 aromatic carbocycles. The smallest absolute Gasteiger partial charge is 0.142 e. The highest BCUT2D eigenvalue weighted by Crippen LogP contribution is 2.31. The number of nitrogens with two attached hydrogens (primary N) is 1. The number of benzene rings is 1. The normalized spacial score (nSPS) is 9.90. The molecule has 0 amide bonds. The molecule has 0 fully saturated rings. The van der Waals surface area contributed by atoms with Crippen LogP contribution in [0.25, 0.3) is 0 Å². The number of ether oxygens (including phenoxy) is 2. The summed E-state index contributed by atoms with van der Waals surface area (Å²) in [6.45, 7) is 0. The lowest BCUT2D eigenvalue weighted by Gasteiger charge is -2.13. The van der Waals surface area contributed by atoms with Crippen LogP contribution >= 0.6 is 12.2 Å². The Balaban J connectivity index is 2.33. The van der Waals surface area contributed by atoms with Crippen molar-refractivity contribution >= 4 is 28.6 Å². The van der Waals surface area contributed by atoms with E-state index in [9.17, 15) is 0 Å². The van der Waals surface area contributed by atoms with Crippen LogP contribution in [0.2, 0.25) is 0 Å². The third-order valence-corrected chi connectivity index (χ3v) is 2.91. The lowest BCUT2D eigenvalue weighted by molar-refractivity contribution is 0.405. The minimum atomic E-state index is 0.256. The van der Waals surface area contributed by atoms with Gasteiger partial charge in [-0.3, -0.25) is 4.98 Å². The first-order valence-electron chi connectivity index (χ1n) is 5.89. The van der Waals surface area contributed by atoms with Crippen molar-refractivity contribution in [2.24, 2.45) is 5.73 Å².